The average Bonchev–Trinajstić information content (AvgIpc) is 1.41. The highest BCUT2D eigenvalue weighted by molar-refractivity contribution is 8.93. The van der Waals surface area contributed by atoms with Gasteiger partial charge in [0.2, 0.25) is 0 Å². The third kappa shape index (κ3) is 19.1. The van der Waals surface area contributed by atoms with Crippen molar-refractivity contribution in [2.75, 3.05) is 0 Å². The molecule has 0 rings (SSSR count). The summed E-state index contributed by atoms with van der Waals surface area (Å²) in [5.74, 6) is 0. The molecule has 0 aromatic heterocycles. The predicted octanol–water partition coefficient (Wildman–Crippen LogP) is 2.19. The van der Waals surface area contributed by atoms with E-state index in [0.717, 1.165) is 0 Å². The molecule has 3 heteroatoms. The first-order chi connectivity index (χ1) is 2.41. The zero-order valence-electron chi connectivity index (χ0n) is 4.94. The Morgan fingerprint density at radius 1 is 1.00 bits per heavy atom. The lowest BCUT2D eigenvalue weighted by molar-refractivity contribution is 1.36. The standard InChI is InChI=1S/C4H12Si.2BrH/c1-3-5-4-2;;/h3-5H2,1-2H3;2*1H. The van der Waals surface area contributed by atoms with Crippen molar-refractivity contribution in [3.8, 4) is 0 Å². The topological polar surface area (TPSA) is 0 Å². The third-order valence-electron chi connectivity index (χ3n) is 0.707. The summed E-state index contributed by atoms with van der Waals surface area (Å²) in [5, 5.41) is 0. The molecule has 7 heavy (non-hydrogen) atoms. The summed E-state index contributed by atoms with van der Waals surface area (Å²) in [6, 6.07) is 2.97. The van der Waals surface area contributed by atoms with Crippen LogP contribution < -0.4 is 0 Å². The van der Waals surface area contributed by atoms with Gasteiger partial charge >= 0.3 is 0 Å². The molecule has 0 bridgehead atoms. The van der Waals surface area contributed by atoms with E-state index in [9.17, 15) is 0 Å². The largest absolute Gasteiger partial charge is 0.114 e. The molecule has 0 fully saturated rings. The Hall–Kier alpha value is 1.18. The molecule has 0 aliphatic heterocycles. The second-order valence-electron chi connectivity index (χ2n) is 1.35. The van der Waals surface area contributed by atoms with Crippen molar-refractivity contribution in [3.63, 3.8) is 0 Å². The summed E-state index contributed by atoms with van der Waals surface area (Å²) >= 11 is 0. The number of rotatable bonds is 2. The first kappa shape index (κ1) is 15.7. The van der Waals surface area contributed by atoms with E-state index in [-0.39, 0.29) is 34.0 Å². The van der Waals surface area contributed by atoms with E-state index in [4.69, 9.17) is 0 Å². The van der Waals surface area contributed by atoms with Gasteiger partial charge in [-0.2, -0.15) is 0 Å². The van der Waals surface area contributed by atoms with Crippen LogP contribution in [-0.4, -0.2) is 9.52 Å². The Morgan fingerprint density at radius 3 is 1.29 bits per heavy atom. The molecule has 0 saturated heterocycles. The van der Waals surface area contributed by atoms with Crippen molar-refractivity contribution in [1.29, 1.82) is 0 Å². The Bertz CT molecular complexity index is 17.2. The fourth-order valence-corrected chi connectivity index (χ4v) is 1.06. The highest BCUT2D eigenvalue weighted by Crippen LogP contribution is 1.77. The lowest BCUT2D eigenvalue weighted by atomic mass is 11.0. The average molecular weight is 250 g/mol. The zero-order valence-corrected chi connectivity index (χ0v) is 9.78. The quantitative estimate of drug-likeness (QED) is 0.659. The summed E-state index contributed by atoms with van der Waals surface area (Å²) in [6.07, 6.45) is 0. The molecule has 48 valence electrons. The molecule has 0 amide bonds. The van der Waals surface area contributed by atoms with Crippen LogP contribution in [0.1, 0.15) is 13.8 Å². The van der Waals surface area contributed by atoms with Gasteiger partial charge < -0.3 is 0 Å². The van der Waals surface area contributed by atoms with Gasteiger partial charge in [0.05, 0.1) is 0 Å². The Labute approximate surface area is 69.4 Å². The molecule has 0 spiro atoms. The van der Waals surface area contributed by atoms with Crippen LogP contribution in [0.2, 0.25) is 12.1 Å². The monoisotopic (exact) mass is 248 g/mol. The molecular formula is C4H14Br2Si. The number of hydrogen-bond donors (Lipinski definition) is 0. The van der Waals surface area contributed by atoms with Crippen LogP contribution in [0.15, 0.2) is 0 Å². The van der Waals surface area contributed by atoms with Crippen molar-refractivity contribution in [1.82, 2.24) is 0 Å². The first-order valence-corrected chi connectivity index (χ1v) is 4.41. The molecule has 0 N–H and O–H groups in total. The molecule has 0 aliphatic carbocycles. The van der Waals surface area contributed by atoms with Crippen LogP contribution in [0.3, 0.4) is 0 Å². The van der Waals surface area contributed by atoms with E-state index < -0.39 is 0 Å². The molecular weight excluding hydrogens is 236 g/mol. The lowest BCUT2D eigenvalue weighted by Crippen LogP contribution is -1.76. The summed E-state index contributed by atoms with van der Waals surface area (Å²) in [6.45, 7) is 4.55. The van der Waals surface area contributed by atoms with Gasteiger partial charge in [0.15, 0.2) is 0 Å². The SMILES string of the molecule is Br.Br.CC[SiH2]CC. The van der Waals surface area contributed by atoms with E-state index in [2.05, 4.69) is 13.8 Å². The van der Waals surface area contributed by atoms with Crippen molar-refractivity contribution in [2.24, 2.45) is 0 Å². The van der Waals surface area contributed by atoms with Crippen LogP contribution in [0.5, 0.6) is 0 Å². The van der Waals surface area contributed by atoms with Gasteiger partial charge in [-0.25, -0.2) is 0 Å². The molecule has 0 aromatic carbocycles. The Kier molecular flexibility index (Phi) is 35.2. The van der Waals surface area contributed by atoms with Gasteiger partial charge in [0.1, 0.15) is 0 Å². The Balaban J connectivity index is -0.0000000800. The Morgan fingerprint density at radius 2 is 1.29 bits per heavy atom. The fraction of sp³-hybridized carbons (Fsp3) is 1.00. The molecule has 0 nitrogen and oxygen atoms in total. The molecule has 0 aromatic rings. The van der Waals surface area contributed by atoms with E-state index in [1.165, 1.54) is 12.1 Å². The zero-order chi connectivity index (χ0) is 4.12. The van der Waals surface area contributed by atoms with Crippen LogP contribution in [0.4, 0.5) is 0 Å². The van der Waals surface area contributed by atoms with E-state index in [1.807, 2.05) is 0 Å². The first-order valence-electron chi connectivity index (χ1n) is 2.41. The predicted molar refractivity (Wildman–Crippen MR) is 50.2 cm³/mol. The minimum Gasteiger partial charge on any atom is -0.114 e. The van der Waals surface area contributed by atoms with E-state index >= 15 is 0 Å². The minimum atomic E-state index is 0. The molecule has 0 heterocycles. The summed E-state index contributed by atoms with van der Waals surface area (Å²) in [5.41, 5.74) is 0. The van der Waals surface area contributed by atoms with Gasteiger partial charge in [0, 0.05) is 9.52 Å². The molecule has 0 radical (unpaired) electrons. The molecule has 0 unspecified atom stereocenters. The smallest absolute Gasteiger partial charge is 0.0192 e. The number of hydrogen-bond acceptors (Lipinski definition) is 0. The van der Waals surface area contributed by atoms with Crippen LogP contribution in [0.25, 0.3) is 0 Å². The second kappa shape index (κ2) is 15.7. The van der Waals surface area contributed by atoms with E-state index in [1.54, 1.807) is 0 Å². The molecule has 0 aliphatic rings. The van der Waals surface area contributed by atoms with Crippen molar-refractivity contribution >= 4 is 43.5 Å². The summed E-state index contributed by atoms with van der Waals surface area (Å²) in [7, 11) is 0.432. The second-order valence-corrected chi connectivity index (χ2v) is 4.06. The number of halogens is 2. The van der Waals surface area contributed by atoms with Crippen LogP contribution in [0, 0.1) is 0 Å². The minimum absolute atomic E-state index is 0. The van der Waals surface area contributed by atoms with Crippen molar-refractivity contribution in [2.45, 2.75) is 25.9 Å². The maximum Gasteiger partial charge on any atom is 0.0192 e. The summed E-state index contributed by atoms with van der Waals surface area (Å²) < 4.78 is 0. The van der Waals surface area contributed by atoms with Crippen molar-refractivity contribution in [3.05, 3.63) is 0 Å². The molecule has 0 saturated carbocycles. The van der Waals surface area contributed by atoms with Gasteiger partial charge in [-0.3, -0.25) is 0 Å². The molecule has 0 atom stereocenters. The maximum atomic E-state index is 2.27. The van der Waals surface area contributed by atoms with E-state index in [0.29, 0.717) is 9.52 Å². The van der Waals surface area contributed by atoms with Gasteiger partial charge in [0.25, 0.3) is 0 Å². The van der Waals surface area contributed by atoms with Crippen molar-refractivity contribution < 1.29 is 0 Å². The highest BCUT2D eigenvalue weighted by Gasteiger charge is 1.70. The van der Waals surface area contributed by atoms with Crippen LogP contribution >= 0.6 is 34.0 Å². The van der Waals surface area contributed by atoms with Crippen LogP contribution in [-0.2, 0) is 0 Å². The van der Waals surface area contributed by atoms with Gasteiger partial charge in [-0.1, -0.05) is 25.9 Å². The maximum absolute atomic E-state index is 2.27. The normalized spacial score (nSPS) is 6.00. The summed E-state index contributed by atoms with van der Waals surface area (Å²) in [4.78, 5) is 0. The van der Waals surface area contributed by atoms with Gasteiger partial charge in [-0.05, 0) is 0 Å². The third-order valence-corrected chi connectivity index (χ3v) is 2.12. The fourth-order valence-electron chi connectivity index (χ4n) is 0.354. The van der Waals surface area contributed by atoms with Gasteiger partial charge in [-0.15, -0.1) is 34.0 Å². The highest BCUT2D eigenvalue weighted by atomic mass is 79.9. The lowest BCUT2D eigenvalue weighted by Gasteiger charge is -1.77.